The van der Waals surface area contributed by atoms with E-state index in [-0.39, 0.29) is 51.7 Å². The summed E-state index contributed by atoms with van der Waals surface area (Å²) in [5.41, 5.74) is 0.292. The van der Waals surface area contributed by atoms with E-state index in [1.54, 1.807) is 24.3 Å². The first-order valence-electron chi connectivity index (χ1n) is 17.1. The van der Waals surface area contributed by atoms with Crippen LogP contribution in [0, 0.1) is 51.8 Å². The van der Waals surface area contributed by atoms with Crippen LogP contribution in [0.25, 0.3) is 0 Å². The second-order valence-corrected chi connectivity index (χ2v) is 15.5. The van der Waals surface area contributed by atoms with Crippen molar-refractivity contribution < 1.29 is 19.4 Å². The van der Waals surface area contributed by atoms with Gasteiger partial charge in [0.1, 0.15) is 11.5 Å². The molecular weight excluding hydrogens is 550 g/mol. The fourth-order valence-corrected chi connectivity index (χ4v) is 10.0. The molecular formula is C37H51N3O4. The number of benzene rings is 1. The van der Waals surface area contributed by atoms with Crippen molar-refractivity contribution in [3.63, 3.8) is 0 Å². The van der Waals surface area contributed by atoms with Crippen LogP contribution in [0.5, 0.6) is 5.75 Å². The Morgan fingerprint density at radius 3 is 2.48 bits per heavy atom. The lowest BCUT2D eigenvalue weighted by atomic mass is 9.46. The number of piperidine rings is 1. The molecule has 238 valence electrons. The number of ether oxygens (including phenoxy) is 1. The van der Waals surface area contributed by atoms with E-state index in [0.29, 0.717) is 36.3 Å². The summed E-state index contributed by atoms with van der Waals surface area (Å²) in [4.78, 5) is 28.8. The van der Waals surface area contributed by atoms with Gasteiger partial charge in [0, 0.05) is 38.0 Å². The monoisotopic (exact) mass is 601 g/mol. The Morgan fingerprint density at radius 1 is 1.18 bits per heavy atom. The van der Waals surface area contributed by atoms with E-state index in [4.69, 9.17) is 4.74 Å². The highest BCUT2D eigenvalue weighted by atomic mass is 16.5. The highest BCUT2D eigenvalue weighted by molar-refractivity contribution is 5.96. The Bertz CT molecular complexity index is 1280. The Morgan fingerprint density at radius 2 is 1.86 bits per heavy atom. The third-order valence-corrected chi connectivity index (χ3v) is 12.4. The molecule has 5 aliphatic carbocycles. The summed E-state index contributed by atoms with van der Waals surface area (Å²) in [7, 11) is 0. The molecule has 3 unspecified atom stereocenters. The Kier molecular flexibility index (Phi) is 8.71. The maximum Gasteiger partial charge on any atom is 0.255 e. The van der Waals surface area contributed by atoms with Crippen LogP contribution in [0.3, 0.4) is 0 Å². The number of likely N-dealkylation sites (tertiary alicyclic amines) is 1. The topological polar surface area (TPSA) is 103 Å². The second-order valence-electron chi connectivity index (χ2n) is 15.5. The van der Waals surface area contributed by atoms with Crippen LogP contribution in [0.15, 0.2) is 36.9 Å². The number of rotatable bonds is 13. The van der Waals surface area contributed by atoms with Crippen molar-refractivity contribution in [3.8, 4) is 11.8 Å². The Balaban J connectivity index is 0.990. The van der Waals surface area contributed by atoms with Crippen molar-refractivity contribution in [2.75, 3.05) is 26.2 Å². The molecule has 0 radical (unpaired) electrons. The van der Waals surface area contributed by atoms with Gasteiger partial charge in [-0.25, -0.2) is 0 Å². The summed E-state index contributed by atoms with van der Waals surface area (Å²) in [6, 6.07) is 9.29. The lowest BCUT2D eigenvalue weighted by molar-refractivity contribution is -0.196. The smallest absolute Gasteiger partial charge is 0.255 e. The van der Waals surface area contributed by atoms with Gasteiger partial charge in [-0.15, -0.1) is 6.58 Å². The molecule has 1 amide bonds. The maximum atomic E-state index is 13.8. The number of Topliss-reactive ketones (excluding diaryl/α,β-unsaturated/α-hetero) is 1. The molecule has 0 spiro atoms. The zero-order valence-corrected chi connectivity index (χ0v) is 26.7. The maximum absolute atomic E-state index is 13.8. The number of nitrogens with one attached hydrogen (secondary N) is 1. The Hall–Kier alpha value is -2.69. The van der Waals surface area contributed by atoms with E-state index in [2.05, 4.69) is 29.8 Å². The van der Waals surface area contributed by atoms with Crippen LogP contribution < -0.4 is 5.32 Å². The second kappa shape index (κ2) is 12.2. The number of phenols is 1. The highest BCUT2D eigenvalue weighted by Gasteiger charge is 2.59. The molecule has 1 aliphatic heterocycles. The molecule has 2 N–H and O–H groups in total. The first-order valence-corrected chi connectivity index (χ1v) is 17.1. The molecule has 44 heavy (non-hydrogen) atoms. The minimum Gasteiger partial charge on any atom is -0.507 e. The van der Waals surface area contributed by atoms with Crippen LogP contribution in [0.1, 0.15) is 94.8 Å². The number of amides is 1. The van der Waals surface area contributed by atoms with Crippen molar-refractivity contribution in [2.45, 2.75) is 96.1 Å². The van der Waals surface area contributed by atoms with E-state index in [1.807, 2.05) is 13.0 Å². The molecule has 7 rings (SSSR count). The van der Waals surface area contributed by atoms with E-state index in [0.717, 1.165) is 77.4 Å². The highest BCUT2D eigenvalue weighted by Crippen LogP contribution is 2.64. The lowest BCUT2D eigenvalue weighted by Crippen LogP contribution is -2.58. The molecule has 0 aromatic heterocycles. The third kappa shape index (κ3) is 6.35. The van der Waals surface area contributed by atoms with Gasteiger partial charge in [0.05, 0.1) is 29.8 Å². The first-order chi connectivity index (χ1) is 21.1. The molecule has 7 nitrogen and oxygen atoms in total. The number of nitrogens with zero attached hydrogens (tertiary/aromatic N) is 2. The molecule has 7 heteroatoms. The van der Waals surface area contributed by atoms with Crippen LogP contribution >= 0.6 is 0 Å². The minimum atomic E-state index is -0.243. The average Bonchev–Trinajstić information content (AvgIpc) is 3.64. The van der Waals surface area contributed by atoms with Gasteiger partial charge >= 0.3 is 0 Å². The van der Waals surface area contributed by atoms with E-state index in [1.165, 1.54) is 6.42 Å². The molecule has 1 heterocycles. The van der Waals surface area contributed by atoms with Crippen molar-refractivity contribution in [1.82, 2.24) is 10.2 Å². The normalized spacial score (nSPS) is 35.9. The number of carbonyl (C=O) groups is 2. The number of ketones is 1. The van der Waals surface area contributed by atoms with E-state index >= 15 is 0 Å². The predicted octanol–water partition coefficient (Wildman–Crippen LogP) is 6.28. The third-order valence-electron chi connectivity index (χ3n) is 12.4. The molecule has 6 atom stereocenters. The van der Waals surface area contributed by atoms with Gasteiger partial charge in [-0.1, -0.05) is 32.1 Å². The molecule has 4 bridgehead atoms. The number of para-hydroxylation sites is 1. The number of allylic oxidation sites excluding steroid dienone is 1. The van der Waals surface area contributed by atoms with Gasteiger partial charge in [0.2, 0.25) is 0 Å². The number of carbonyl (C=O) groups excluding carboxylic acids is 2. The van der Waals surface area contributed by atoms with Gasteiger partial charge < -0.3 is 20.1 Å². The number of phenolic OH excluding ortho intramolecular Hbond substituents is 1. The summed E-state index contributed by atoms with van der Waals surface area (Å²) in [5, 5.41) is 23.1. The van der Waals surface area contributed by atoms with Gasteiger partial charge in [-0.2, -0.15) is 5.26 Å². The molecule has 5 saturated carbocycles. The zero-order chi connectivity index (χ0) is 31.1. The molecule has 1 aromatic rings. The van der Waals surface area contributed by atoms with Gasteiger partial charge in [-0.05, 0) is 105 Å². The van der Waals surface area contributed by atoms with Crippen LogP contribution in [-0.2, 0) is 9.53 Å². The summed E-state index contributed by atoms with van der Waals surface area (Å²) < 4.78 is 6.83. The number of hydrogen-bond acceptors (Lipinski definition) is 6. The number of hydrogen-bond donors (Lipinski definition) is 2. The van der Waals surface area contributed by atoms with Crippen molar-refractivity contribution in [1.29, 1.82) is 5.26 Å². The van der Waals surface area contributed by atoms with Crippen LogP contribution in [-0.4, -0.2) is 59.6 Å². The molecule has 6 aliphatic rings. The van der Waals surface area contributed by atoms with Gasteiger partial charge in [0.15, 0.2) is 0 Å². The van der Waals surface area contributed by atoms with Crippen molar-refractivity contribution in [2.24, 2.45) is 40.4 Å². The van der Waals surface area contributed by atoms with Gasteiger partial charge in [0.25, 0.3) is 5.91 Å². The van der Waals surface area contributed by atoms with Gasteiger partial charge in [-0.3, -0.25) is 9.59 Å². The standard InChI is InChI=1S/C37H51N3O4/c1-4-36(16-25(36)2)21-29(23-38)26(3)33(42)22-35-17-27-15-28(18-35)20-37(19-27,24-35)44-14-13-40-11-9-30(10-12-40)39-34(43)31-7-5-6-8-32(31)41/h4-8,25-30,41H,1,9-22,24H2,2-3H3,(H,39,43)/t25-,26?,27?,28?,29-,35?,36-,37?/m0/s1. The summed E-state index contributed by atoms with van der Waals surface area (Å²) in [6.45, 7) is 11.7. The average molecular weight is 602 g/mol. The molecule has 6 fully saturated rings. The SMILES string of the molecule is C=C[C@@]1(C[C@@H](C#N)C(C)C(=O)CC23CC4CC(C2)CC(OCCN2CCC(NC(=O)c5ccccc5O)CC2)(C4)C3)C[C@@H]1C. The lowest BCUT2D eigenvalue weighted by Gasteiger charge is -2.62. The minimum absolute atomic E-state index is 0.0148. The fraction of sp³-hybridized carbons (Fsp3) is 0.703. The quantitative estimate of drug-likeness (QED) is 0.258. The summed E-state index contributed by atoms with van der Waals surface area (Å²) in [6.07, 6.45) is 13.0. The molecule has 1 saturated heterocycles. The van der Waals surface area contributed by atoms with Crippen molar-refractivity contribution >= 4 is 11.7 Å². The zero-order valence-electron chi connectivity index (χ0n) is 26.7. The van der Waals surface area contributed by atoms with Crippen molar-refractivity contribution in [3.05, 3.63) is 42.5 Å². The first kappa shape index (κ1) is 31.3. The van der Waals surface area contributed by atoms with Crippen LogP contribution in [0.2, 0.25) is 0 Å². The largest absolute Gasteiger partial charge is 0.507 e. The predicted molar refractivity (Wildman–Crippen MR) is 170 cm³/mol. The fourth-order valence-electron chi connectivity index (χ4n) is 10.0. The number of nitriles is 1. The van der Waals surface area contributed by atoms with E-state index < -0.39 is 0 Å². The summed E-state index contributed by atoms with van der Waals surface area (Å²) >= 11 is 0. The Labute approximate surface area is 263 Å². The number of aromatic hydroxyl groups is 1. The van der Waals surface area contributed by atoms with Crippen LogP contribution in [0.4, 0.5) is 0 Å². The molecule has 1 aromatic carbocycles. The summed E-state index contributed by atoms with van der Waals surface area (Å²) in [5.74, 6) is 1.44. The van der Waals surface area contributed by atoms with E-state index in [9.17, 15) is 20.0 Å².